The summed E-state index contributed by atoms with van der Waals surface area (Å²) in [4.78, 5) is -1.04. The summed E-state index contributed by atoms with van der Waals surface area (Å²) in [6, 6.07) is 3.74. The molecule has 0 aliphatic carbocycles. The van der Waals surface area contributed by atoms with Crippen molar-refractivity contribution in [3.63, 3.8) is 0 Å². The highest BCUT2D eigenvalue weighted by molar-refractivity contribution is 6.32. The van der Waals surface area contributed by atoms with Gasteiger partial charge in [0.1, 0.15) is 4.87 Å². The molecule has 0 aliphatic heterocycles. The number of halogens is 2. The molecular formula is C6H6Cl2N2. The van der Waals surface area contributed by atoms with Crippen molar-refractivity contribution in [2.45, 2.75) is 17.7 Å². The fraction of sp³-hybridized carbons (Fsp3) is 0.667. The molecule has 0 aromatic heterocycles. The van der Waals surface area contributed by atoms with Crippen molar-refractivity contribution in [3.05, 3.63) is 0 Å². The zero-order valence-electron chi connectivity index (χ0n) is 5.27. The van der Waals surface area contributed by atoms with Gasteiger partial charge in [-0.1, -0.05) is 0 Å². The molecule has 0 spiro atoms. The van der Waals surface area contributed by atoms with Crippen molar-refractivity contribution >= 4 is 23.2 Å². The largest absolute Gasteiger partial charge is 0.198 e. The smallest absolute Gasteiger partial charge is 0.145 e. The molecule has 0 N–H and O–H groups in total. The van der Waals surface area contributed by atoms with Crippen LogP contribution in [0.2, 0.25) is 0 Å². The van der Waals surface area contributed by atoms with Gasteiger partial charge in [-0.2, -0.15) is 10.5 Å². The lowest BCUT2D eigenvalue weighted by molar-refractivity contribution is 0.720. The highest BCUT2D eigenvalue weighted by Gasteiger charge is 2.24. The minimum Gasteiger partial charge on any atom is -0.198 e. The zero-order valence-corrected chi connectivity index (χ0v) is 6.78. The summed E-state index contributed by atoms with van der Waals surface area (Å²) in [6.45, 7) is 0. The Kier molecular flexibility index (Phi) is 4.19. The molecule has 2 nitrogen and oxygen atoms in total. The van der Waals surface area contributed by atoms with Crippen LogP contribution in [0.3, 0.4) is 0 Å². The van der Waals surface area contributed by atoms with E-state index in [1.165, 1.54) is 0 Å². The van der Waals surface area contributed by atoms with Gasteiger partial charge in [0.05, 0.1) is 18.0 Å². The van der Waals surface area contributed by atoms with E-state index in [4.69, 9.17) is 33.7 Å². The topological polar surface area (TPSA) is 47.6 Å². The number of alkyl halides is 2. The molecule has 0 saturated heterocycles. The van der Waals surface area contributed by atoms with Crippen LogP contribution in [0, 0.1) is 22.7 Å². The van der Waals surface area contributed by atoms with Gasteiger partial charge in [0.15, 0.2) is 0 Å². The number of rotatable bonds is 3. The summed E-state index contributed by atoms with van der Waals surface area (Å²) in [5.74, 6) is 0.0622. The van der Waals surface area contributed by atoms with Crippen LogP contribution in [-0.2, 0) is 0 Å². The highest BCUT2D eigenvalue weighted by Crippen LogP contribution is 2.21. The quantitative estimate of drug-likeness (QED) is 0.619. The summed E-state index contributed by atoms with van der Waals surface area (Å²) in [7, 11) is 0. The van der Waals surface area contributed by atoms with E-state index in [2.05, 4.69) is 0 Å². The Balaban J connectivity index is 3.87. The molecule has 4 heteroatoms. The highest BCUT2D eigenvalue weighted by atomic mass is 35.5. The second-order valence-corrected chi connectivity index (χ2v) is 2.86. The molecule has 54 valence electrons. The Morgan fingerprint density at radius 3 is 2.30 bits per heavy atom. The molecule has 1 atom stereocenters. The van der Waals surface area contributed by atoms with Crippen LogP contribution in [0.15, 0.2) is 0 Å². The molecule has 0 amide bonds. The van der Waals surface area contributed by atoms with Gasteiger partial charge < -0.3 is 0 Å². The van der Waals surface area contributed by atoms with E-state index in [1.807, 2.05) is 12.1 Å². The third-order valence-electron chi connectivity index (χ3n) is 1.05. The predicted octanol–water partition coefficient (Wildman–Crippen LogP) is 2.03. The molecule has 1 unspecified atom stereocenters. The Labute approximate surface area is 70.0 Å². The van der Waals surface area contributed by atoms with E-state index in [0.717, 1.165) is 0 Å². The van der Waals surface area contributed by atoms with Crippen LogP contribution >= 0.6 is 23.2 Å². The predicted molar refractivity (Wildman–Crippen MR) is 39.8 cm³/mol. The molecule has 0 aromatic rings. The van der Waals surface area contributed by atoms with Crippen molar-refractivity contribution in [3.8, 4) is 12.1 Å². The SMILES string of the molecule is N#CCCC(Cl)(C#N)CCl. The van der Waals surface area contributed by atoms with Gasteiger partial charge in [-0.25, -0.2) is 0 Å². The molecule has 0 fully saturated rings. The lowest BCUT2D eigenvalue weighted by atomic mass is 10.1. The fourth-order valence-electron chi connectivity index (χ4n) is 0.407. The second kappa shape index (κ2) is 4.39. The van der Waals surface area contributed by atoms with E-state index >= 15 is 0 Å². The van der Waals surface area contributed by atoms with E-state index < -0.39 is 4.87 Å². The zero-order chi connectivity index (χ0) is 8.04. The van der Waals surface area contributed by atoms with Gasteiger partial charge in [-0.05, 0) is 6.42 Å². The van der Waals surface area contributed by atoms with Crippen LogP contribution < -0.4 is 0 Å². The van der Waals surface area contributed by atoms with Crippen molar-refractivity contribution in [1.29, 1.82) is 10.5 Å². The molecular weight excluding hydrogens is 171 g/mol. The molecule has 0 heterocycles. The van der Waals surface area contributed by atoms with E-state index in [0.29, 0.717) is 6.42 Å². The monoisotopic (exact) mass is 176 g/mol. The standard InChI is InChI=1S/C6H6Cl2N2/c7-4-6(8,5-10)2-1-3-9/h1-2,4H2. The number of nitrogens with zero attached hydrogens (tertiary/aromatic N) is 2. The summed E-state index contributed by atoms with van der Waals surface area (Å²) >= 11 is 11.0. The maximum atomic E-state index is 8.44. The van der Waals surface area contributed by atoms with Gasteiger partial charge >= 0.3 is 0 Å². The first-order valence-electron chi connectivity index (χ1n) is 2.71. The molecule has 10 heavy (non-hydrogen) atoms. The summed E-state index contributed by atoms with van der Waals surface area (Å²) in [6.07, 6.45) is 0.592. The first-order chi connectivity index (χ1) is 4.68. The average Bonchev–Trinajstić information content (AvgIpc) is 2.00. The Morgan fingerprint density at radius 1 is 1.40 bits per heavy atom. The minimum atomic E-state index is -1.04. The Hall–Kier alpha value is -0.440. The number of hydrogen-bond acceptors (Lipinski definition) is 2. The van der Waals surface area contributed by atoms with Crippen LogP contribution in [0.1, 0.15) is 12.8 Å². The summed E-state index contributed by atoms with van der Waals surface area (Å²) in [5, 5.41) is 16.6. The van der Waals surface area contributed by atoms with Gasteiger partial charge in [0.25, 0.3) is 0 Å². The maximum Gasteiger partial charge on any atom is 0.145 e. The molecule has 0 radical (unpaired) electrons. The Bertz CT molecular complexity index is 179. The van der Waals surface area contributed by atoms with Gasteiger partial charge in [0.2, 0.25) is 0 Å². The lowest BCUT2D eigenvalue weighted by Gasteiger charge is -2.11. The van der Waals surface area contributed by atoms with Crippen LogP contribution in [0.25, 0.3) is 0 Å². The van der Waals surface area contributed by atoms with Gasteiger partial charge in [-0.3, -0.25) is 0 Å². The second-order valence-electron chi connectivity index (χ2n) is 1.87. The molecule has 0 aliphatic rings. The normalized spacial score (nSPS) is 14.8. The minimum absolute atomic E-state index is 0.0622. The molecule has 0 bridgehead atoms. The van der Waals surface area contributed by atoms with Crippen molar-refractivity contribution in [2.24, 2.45) is 0 Å². The first-order valence-corrected chi connectivity index (χ1v) is 3.63. The molecule has 0 aromatic carbocycles. The fourth-order valence-corrected chi connectivity index (χ4v) is 0.695. The number of nitriles is 2. The van der Waals surface area contributed by atoms with Crippen LogP contribution in [0.4, 0.5) is 0 Å². The van der Waals surface area contributed by atoms with E-state index in [-0.39, 0.29) is 12.3 Å². The summed E-state index contributed by atoms with van der Waals surface area (Å²) < 4.78 is 0. The molecule has 0 saturated carbocycles. The summed E-state index contributed by atoms with van der Waals surface area (Å²) in [5.41, 5.74) is 0. The molecule has 0 rings (SSSR count). The third kappa shape index (κ3) is 2.92. The Morgan fingerprint density at radius 2 is 2.00 bits per heavy atom. The number of hydrogen-bond donors (Lipinski definition) is 0. The average molecular weight is 177 g/mol. The van der Waals surface area contributed by atoms with Crippen LogP contribution in [-0.4, -0.2) is 10.8 Å². The third-order valence-corrected chi connectivity index (χ3v) is 2.05. The van der Waals surface area contributed by atoms with Crippen molar-refractivity contribution < 1.29 is 0 Å². The van der Waals surface area contributed by atoms with Crippen molar-refractivity contribution in [1.82, 2.24) is 0 Å². The van der Waals surface area contributed by atoms with Crippen molar-refractivity contribution in [2.75, 3.05) is 5.88 Å². The van der Waals surface area contributed by atoms with Crippen LogP contribution in [0.5, 0.6) is 0 Å². The first kappa shape index (κ1) is 9.56. The van der Waals surface area contributed by atoms with Gasteiger partial charge in [-0.15, -0.1) is 23.2 Å². The van der Waals surface area contributed by atoms with E-state index in [9.17, 15) is 0 Å². The van der Waals surface area contributed by atoms with E-state index in [1.54, 1.807) is 0 Å². The van der Waals surface area contributed by atoms with Gasteiger partial charge in [0, 0.05) is 6.42 Å². The maximum absolute atomic E-state index is 8.44. The lowest BCUT2D eigenvalue weighted by Crippen LogP contribution is -2.20.